The lowest BCUT2D eigenvalue weighted by Crippen LogP contribution is -2.49. The summed E-state index contributed by atoms with van der Waals surface area (Å²) in [6.07, 6.45) is 7.54. The Labute approximate surface area is 151 Å². The van der Waals surface area contributed by atoms with Crippen molar-refractivity contribution >= 4 is 11.9 Å². The molecule has 0 bridgehead atoms. The Morgan fingerprint density at radius 2 is 1.84 bits per heavy atom. The molecule has 6 heteroatoms. The summed E-state index contributed by atoms with van der Waals surface area (Å²) < 4.78 is 0. The van der Waals surface area contributed by atoms with E-state index in [1.807, 2.05) is 18.9 Å². The van der Waals surface area contributed by atoms with Gasteiger partial charge < -0.3 is 10.4 Å². The van der Waals surface area contributed by atoms with Crippen LogP contribution in [0.1, 0.15) is 58.8 Å². The molecule has 2 aliphatic rings. The summed E-state index contributed by atoms with van der Waals surface area (Å²) in [6, 6.07) is 0.520. The maximum absolute atomic E-state index is 12.6. The first-order chi connectivity index (χ1) is 11.9. The molecule has 25 heavy (non-hydrogen) atoms. The number of amides is 1. The Morgan fingerprint density at radius 3 is 2.48 bits per heavy atom. The smallest absolute Gasteiger partial charge is 0.317 e. The van der Waals surface area contributed by atoms with Gasteiger partial charge in [0, 0.05) is 18.6 Å². The molecule has 2 fully saturated rings. The molecule has 1 amide bonds. The first-order valence-electron chi connectivity index (χ1n) is 9.83. The highest BCUT2D eigenvalue weighted by Crippen LogP contribution is 2.24. The van der Waals surface area contributed by atoms with Crippen LogP contribution in [0.4, 0.5) is 0 Å². The Balaban J connectivity index is 1.80. The predicted octanol–water partition coefficient (Wildman–Crippen LogP) is 1.94. The summed E-state index contributed by atoms with van der Waals surface area (Å²) in [5.74, 6) is 0.158. The summed E-state index contributed by atoms with van der Waals surface area (Å²) >= 11 is 0. The molecule has 0 aromatic rings. The SMILES string of the molecule is CC1CCC(NC(=O)C(C)N2CCCC(N(C)CC(=O)O)CC2)CC1. The molecule has 2 rings (SSSR count). The Morgan fingerprint density at radius 1 is 1.16 bits per heavy atom. The molecule has 1 heterocycles. The number of likely N-dealkylation sites (tertiary alicyclic amines) is 1. The van der Waals surface area contributed by atoms with Crippen molar-refractivity contribution in [3.05, 3.63) is 0 Å². The van der Waals surface area contributed by atoms with Crippen LogP contribution in [0.25, 0.3) is 0 Å². The van der Waals surface area contributed by atoms with Gasteiger partial charge in [-0.3, -0.25) is 19.4 Å². The first-order valence-corrected chi connectivity index (χ1v) is 9.83. The summed E-state index contributed by atoms with van der Waals surface area (Å²) in [5, 5.41) is 12.2. The van der Waals surface area contributed by atoms with E-state index in [2.05, 4.69) is 17.1 Å². The third-order valence-corrected chi connectivity index (χ3v) is 6.03. The molecule has 2 unspecified atom stereocenters. The van der Waals surface area contributed by atoms with E-state index in [9.17, 15) is 9.59 Å². The minimum absolute atomic E-state index is 0.0841. The third kappa shape index (κ3) is 6.26. The summed E-state index contributed by atoms with van der Waals surface area (Å²) in [5.41, 5.74) is 0. The van der Waals surface area contributed by atoms with Gasteiger partial charge in [0.2, 0.25) is 5.91 Å². The van der Waals surface area contributed by atoms with Gasteiger partial charge in [0.25, 0.3) is 0 Å². The number of carbonyl (C=O) groups excluding carboxylic acids is 1. The van der Waals surface area contributed by atoms with E-state index in [4.69, 9.17) is 5.11 Å². The number of nitrogens with one attached hydrogen (secondary N) is 1. The van der Waals surface area contributed by atoms with E-state index >= 15 is 0 Å². The van der Waals surface area contributed by atoms with E-state index in [1.165, 1.54) is 12.8 Å². The molecule has 1 saturated heterocycles. The lowest BCUT2D eigenvalue weighted by atomic mass is 9.87. The number of nitrogens with zero attached hydrogens (tertiary/aromatic N) is 2. The highest BCUT2D eigenvalue weighted by atomic mass is 16.4. The molecule has 1 saturated carbocycles. The average molecular weight is 354 g/mol. The summed E-state index contributed by atoms with van der Waals surface area (Å²) in [6.45, 7) is 6.14. The van der Waals surface area contributed by atoms with Crippen LogP contribution >= 0.6 is 0 Å². The summed E-state index contributed by atoms with van der Waals surface area (Å²) in [7, 11) is 1.88. The van der Waals surface area contributed by atoms with Crippen molar-refractivity contribution in [1.82, 2.24) is 15.1 Å². The topological polar surface area (TPSA) is 72.9 Å². The van der Waals surface area contributed by atoms with E-state index in [1.54, 1.807) is 0 Å². The maximum Gasteiger partial charge on any atom is 0.317 e. The Hall–Kier alpha value is -1.14. The van der Waals surface area contributed by atoms with Crippen molar-refractivity contribution in [3.8, 4) is 0 Å². The standard InChI is InChI=1S/C19H35N3O3/c1-14-6-8-16(9-7-14)20-19(25)15(2)22-11-4-5-17(10-12-22)21(3)13-18(23)24/h14-17H,4-13H2,1-3H3,(H,20,25)(H,23,24). The normalized spacial score (nSPS) is 29.8. The van der Waals surface area contributed by atoms with Crippen molar-refractivity contribution in [2.45, 2.75) is 76.9 Å². The minimum Gasteiger partial charge on any atom is -0.480 e. The molecule has 144 valence electrons. The molecule has 0 radical (unpaired) electrons. The Kier molecular flexibility index (Phi) is 7.69. The molecule has 0 aromatic carbocycles. The minimum atomic E-state index is -0.779. The van der Waals surface area contributed by atoms with Crippen LogP contribution in [0.3, 0.4) is 0 Å². The molecule has 1 aliphatic heterocycles. The van der Waals surface area contributed by atoms with Gasteiger partial charge in [-0.2, -0.15) is 0 Å². The van der Waals surface area contributed by atoms with Crippen molar-refractivity contribution < 1.29 is 14.7 Å². The fraction of sp³-hybridized carbons (Fsp3) is 0.895. The van der Waals surface area contributed by atoms with Crippen molar-refractivity contribution in [1.29, 1.82) is 0 Å². The van der Waals surface area contributed by atoms with Gasteiger partial charge in [0.1, 0.15) is 0 Å². The fourth-order valence-corrected chi connectivity index (χ4v) is 4.16. The van der Waals surface area contributed by atoms with Gasteiger partial charge in [0.05, 0.1) is 12.6 Å². The third-order valence-electron chi connectivity index (χ3n) is 6.03. The number of carboxylic acid groups (broad SMARTS) is 1. The van der Waals surface area contributed by atoms with Crippen LogP contribution < -0.4 is 5.32 Å². The fourth-order valence-electron chi connectivity index (χ4n) is 4.16. The highest BCUT2D eigenvalue weighted by molar-refractivity contribution is 5.81. The zero-order valence-electron chi connectivity index (χ0n) is 16.0. The number of hydrogen-bond donors (Lipinski definition) is 2. The molecular formula is C19H35N3O3. The average Bonchev–Trinajstić information content (AvgIpc) is 2.81. The number of aliphatic carboxylic acids is 1. The second kappa shape index (κ2) is 9.53. The lowest BCUT2D eigenvalue weighted by molar-refractivity contribution is -0.138. The number of rotatable bonds is 6. The largest absolute Gasteiger partial charge is 0.480 e. The van der Waals surface area contributed by atoms with Crippen molar-refractivity contribution in [2.75, 3.05) is 26.7 Å². The van der Waals surface area contributed by atoms with Crippen LogP contribution in [0.2, 0.25) is 0 Å². The molecular weight excluding hydrogens is 318 g/mol. The van der Waals surface area contributed by atoms with Gasteiger partial charge >= 0.3 is 5.97 Å². The monoisotopic (exact) mass is 353 g/mol. The van der Waals surface area contributed by atoms with Crippen LogP contribution in [-0.4, -0.2) is 71.6 Å². The maximum atomic E-state index is 12.6. The lowest BCUT2D eigenvalue weighted by Gasteiger charge is -2.31. The molecule has 2 N–H and O–H groups in total. The quantitative estimate of drug-likeness (QED) is 0.763. The van der Waals surface area contributed by atoms with Gasteiger partial charge in [-0.25, -0.2) is 0 Å². The van der Waals surface area contributed by atoms with E-state index in [0.717, 1.165) is 51.1 Å². The number of likely N-dealkylation sites (N-methyl/N-ethyl adjacent to an activating group) is 1. The van der Waals surface area contributed by atoms with Gasteiger partial charge in [0.15, 0.2) is 0 Å². The molecule has 0 spiro atoms. The van der Waals surface area contributed by atoms with Crippen LogP contribution in [-0.2, 0) is 9.59 Å². The second-order valence-corrected chi connectivity index (χ2v) is 8.07. The van der Waals surface area contributed by atoms with E-state index in [-0.39, 0.29) is 24.5 Å². The van der Waals surface area contributed by atoms with Gasteiger partial charge in [-0.15, -0.1) is 0 Å². The van der Waals surface area contributed by atoms with Crippen LogP contribution in [0.15, 0.2) is 0 Å². The number of carboxylic acids is 1. The zero-order chi connectivity index (χ0) is 18.4. The van der Waals surface area contributed by atoms with Crippen LogP contribution in [0, 0.1) is 5.92 Å². The second-order valence-electron chi connectivity index (χ2n) is 8.07. The summed E-state index contributed by atoms with van der Waals surface area (Å²) in [4.78, 5) is 27.7. The predicted molar refractivity (Wildman–Crippen MR) is 98.5 cm³/mol. The van der Waals surface area contributed by atoms with Gasteiger partial charge in [-0.05, 0) is 71.4 Å². The number of hydrogen-bond acceptors (Lipinski definition) is 4. The van der Waals surface area contributed by atoms with E-state index in [0.29, 0.717) is 6.04 Å². The number of carbonyl (C=O) groups is 2. The Bertz CT molecular complexity index is 449. The highest BCUT2D eigenvalue weighted by Gasteiger charge is 2.28. The molecule has 0 aromatic heterocycles. The molecule has 2 atom stereocenters. The first kappa shape index (κ1) is 20.2. The van der Waals surface area contributed by atoms with Crippen LogP contribution in [0.5, 0.6) is 0 Å². The molecule has 1 aliphatic carbocycles. The molecule has 6 nitrogen and oxygen atoms in total. The van der Waals surface area contributed by atoms with Crippen molar-refractivity contribution in [3.63, 3.8) is 0 Å². The van der Waals surface area contributed by atoms with Crippen molar-refractivity contribution in [2.24, 2.45) is 5.92 Å². The van der Waals surface area contributed by atoms with E-state index < -0.39 is 5.97 Å². The zero-order valence-corrected chi connectivity index (χ0v) is 16.0. The van der Waals surface area contributed by atoms with Gasteiger partial charge in [-0.1, -0.05) is 6.92 Å².